The number of ketones is 2. The molecule has 6 nitrogen and oxygen atoms in total. The molecule has 2 N–H and O–H groups in total. The van der Waals surface area contributed by atoms with Gasteiger partial charge in [-0.25, -0.2) is 0 Å². The lowest BCUT2D eigenvalue weighted by atomic mass is 9.52. The van der Waals surface area contributed by atoms with Gasteiger partial charge in [0.05, 0.1) is 10.8 Å². The Bertz CT molecular complexity index is 1380. The molecule has 6 heteroatoms. The standard InChI is InChI=1S/2C20H28O3/c2*1-12-5-6-14(21)19(4)8-7-13-15-17(2,11-20(12,13)19)9-10-18(15,3)16(22)23/h2*5-6,12-13,15H,7-11H2,1-4H3,(H,22,23)/t2*12-,13-,15-,17+,18-,19-,20-/m00/s1. The monoisotopic (exact) mass is 632 g/mol. The van der Waals surface area contributed by atoms with E-state index in [1.807, 2.05) is 13.8 Å². The van der Waals surface area contributed by atoms with Crippen LogP contribution in [0, 0.1) is 78.8 Å². The summed E-state index contributed by atoms with van der Waals surface area (Å²) in [6.45, 7) is 17.4. The predicted octanol–water partition coefficient (Wildman–Crippen LogP) is 8.15. The molecule has 0 bridgehead atoms. The fraction of sp³-hybridized carbons (Fsp3) is 0.800. The number of aliphatic carboxylic acids is 2. The molecule has 8 rings (SSSR count). The van der Waals surface area contributed by atoms with Crippen molar-refractivity contribution >= 4 is 23.5 Å². The zero-order valence-electron chi connectivity index (χ0n) is 29.4. The molecule has 0 aromatic carbocycles. The average Bonchev–Trinajstić information content (AvgIpc) is 3.74. The first kappa shape index (κ1) is 32.3. The van der Waals surface area contributed by atoms with Gasteiger partial charge in [0, 0.05) is 10.8 Å². The predicted molar refractivity (Wildman–Crippen MR) is 176 cm³/mol. The molecule has 0 radical (unpaired) electrons. The number of hydrogen-bond donors (Lipinski definition) is 2. The van der Waals surface area contributed by atoms with Gasteiger partial charge in [-0.3, -0.25) is 19.2 Å². The van der Waals surface area contributed by atoms with E-state index in [0.29, 0.717) is 23.7 Å². The lowest BCUT2D eigenvalue weighted by Gasteiger charge is -2.50. The lowest BCUT2D eigenvalue weighted by Crippen LogP contribution is -2.50. The third-order valence-corrected chi connectivity index (χ3v) is 17.6. The van der Waals surface area contributed by atoms with Crippen molar-refractivity contribution in [3.8, 4) is 0 Å². The van der Waals surface area contributed by atoms with Gasteiger partial charge in [0.15, 0.2) is 11.6 Å². The highest BCUT2D eigenvalue weighted by Crippen LogP contribution is 2.81. The van der Waals surface area contributed by atoms with E-state index in [2.05, 4.69) is 53.7 Å². The Kier molecular flexibility index (Phi) is 6.50. The van der Waals surface area contributed by atoms with Gasteiger partial charge in [-0.1, -0.05) is 53.7 Å². The Morgan fingerprint density at radius 2 is 0.957 bits per heavy atom. The number of carboxylic acids is 2. The quantitative estimate of drug-likeness (QED) is 0.318. The molecule has 6 fully saturated rings. The first-order valence-electron chi connectivity index (χ1n) is 18.2. The fourth-order valence-corrected chi connectivity index (χ4v) is 15.5. The van der Waals surface area contributed by atoms with Crippen molar-refractivity contribution in [3.63, 3.8) is 0 Å². The van der Waals surface area contributed by atoms with Crippen LogP contribution in [0.5, 0.6) is 0 Å². The van der Waals surface area contributed by atoms with E-state index in [4.69, 9.17) is 0 Å². The zero-order chi connectivity index (χ0) is 33.7. The highest BCUT2D eigenvalue weighted by Gasteiger charge is 2.78. The third-order valence-electron chi connectivity index (χ3n) is 17.6. The van der Waals surface area contributed by atoms with E-state index < -0.39 is 22.8 Å². The maximum absolute atomic E-state index is 12.8. The van der Waals surface area contributed by atoms with E-state index in [1.165, 1.54) is 0 Å². The molecule has 46 heavy (non-hydrogen) atoms. The summed E-state index contributed by atoms with van der Waals surface area (Å²) in [5.41, 5.74) is -1.77. The van der Waals surface area contributed by atoms with Crippen molar-refractivity contribution in [1.29, 1.82) is 0 Å². The Labute approximate surface area is 275 Å². The Balaban J connectivity index is 0.000000147. The molecule has 6 saturated carbocycles. The van der Waals surface area contributed by atoms with Crippen LogP contribution in [-0.4, -0.2) is 33.7 Å². The molecule has 0 aliphatic heterocycles. The highest BCUT2D eigenvalue weighted by molar-refractivity contribution is 5.97. The van der Waals surface area contributed by atoms with Gasteiger partial charge in [0.1, 0.15) is 0 Å². The molecule has 8 aliphatic carbocycles. The van der Waals surface area contributed by atoms with Gasteiger partial charge in [0.2, 0.25) is 0 Å². The van der Waals surface area contributed by atoms with Crippen molar-refractivity contribution < 1.29 is 29.4 Å². The summed E-state index contributed by atoms with van der Waals surface area (Å²) >= 11 is 0. The summed E-state index contributed by atoms with van der Waals surface area (Å²) < 4.78 is 0. The molecular formula is C40H56O6. The minimum atomic E-state index is -0.637. The number of carboxylic acid groups (broad SMARTS) is 2. The molecule has 0 saturated heterocycles. The smallest absolute Gasteiger partial charge is 0.309 e. The second-order valence-electron chi connectivity index (χ2n) is 19.1. The molecular weight excluding hydrogens is 576 g/mol. The fourth-order valence-electron chi connectivity index (χ4n) is 15.5. The number of rotatable bonds is 2. The SMILES string of the molecule is C[C@H]1C=CC(=O)[C@]2(C)CC[C@H]3[C@H]4[C@](C)(CC[C@]4(C)C(=O)O)C[C@]132.C[C@H]1C=CC(=O)[C@]2(C)CC[C@H]3[C@H]4[C@](C)(CC[C@]4(C)C(=O)O)C[C@]132. The maximum atomic E-state index is 12.8. The average molecular weight is 633 g/mol. The summed E-state index contributed by atoms with van der Waals surface area (Å²) in [6.07, 6.45) is 17.2. The molecule has 0 heterocycles. The lowest BCUT2D eigenvalue weighted by molar-refractivity contribution is -0.154. The van der Waals surface area contributed by atoms with Crippen LogP contribution in [-0.2, 0) is 19.2 Å². The number of carbonyl (C=O) groups is 4. The van der Waals surface area contributed by atoms with Crippen molar-refractivity contribution in [3.05, 3.63) is 24.3 Å². The highest BCUT2D eigenvalue weighted by atomic mass is 16.4. The van der Waals surface area contributed by atoms with Crippen LogP contribution in [0.3, 0.4) is 0 Å². The number of fused-ring (bicyclic) bond motifs is 4. The summed E-state index contributed by atoms with van der Waals surface area (Å²) in [4.78, 5) is 49.8. The second kappa shape index (κ2) is 9.26. The summed E-state index contributed by atoms with van der Waals surface area (Å²) in [5, 5.41) is 19.9. The maximum Gasteiger partial charge on any atom is 0.309 e. The first-order valence-corrected chi connectivity index (χ1v) is 18.2. The van der Waals surface area contributed by atoms with Crippen LogP contribution in [0.25, 0.3) is 0 Å². The van der Waals surface area contributed by atoms with E-state index in [0.717, 1.165) is 64.2 Å². The minimum absolute atomic E-state index is 0.0324. The third kappa shape index (κ3) is 3.36. The Hall–Kier alpha value is -2.24. The molecule has 8 aliphatic rings. The molecule has 0 aromatic rings. The molecule has 0 amide bonds. The summed E-state index contributed by atoms with van der Waals surface area (Å²) in [7, 11) is 0. The van der Waals surface area contributed by atoms with Crippen LogP contribution in [0.15, 0.2) is 24.3 Å². The van der Waals surface area contributed by atoms with Gasteiger partial charge < -0.3 is 10.2 Å². The number of allylic oxidation sites excluding steroid dienone is 4. The van der Waals surface area contributed by atoms with Gasteiger partial charge in [-0.15, -0.1) is 0 Å². The van der Waals surface area contributed by atoms with E-state index in [9.17, 15) is 29.4 Å². The van der Waals surface area contributed by atoms with Gasteiger partial charge >= 0.3 is 11.9 Å². The van der Waals surface area contributed by atoms with Crippen molar-refractivity contribution in [1.82, 2.24) is 0 Å². The molecule has 2 spiro atoms. The van der Waals surface area contributed by atoms with Crippen molar-refractivity contribution in [2.45, 2.75) is 120 Å². The van der Waals surface area contributed by atoms with Gasteiger partial charge in [0.25, 0.3) is 0 Å². The van der Waals surface area contributed by atoms with E-state index in [-0.39, 0.29) is 55.9 Å². The molecule has 14 atom stereocenters. The largest absolute Gasteiger partial charge is 0.481 e. The topological polar surface area (TPSA) is 109 Å². The Morgan fingerprint density at radius 3 is 1.28 bits per heavy atom. The van der Waals surface area contributed by atoms with E-state index in [1.54, 1.807) is 12.2 Å². The minimum Gasteiger partial charge on any atom is -0.481 e. The molecule has 252 valence electrons. The van der Waals surface area contributed by atoms with Crippen LogP contribution in [0.4, 0.5) is 0 Å². The van der Waals surface area contributed by atoms with Gasteiger partial charge in [-0.2, -0.15) is 0 Å². The summed E-state index contributed by atoms with van der Waals surface area (Å²) in [6, 6.07) is 0. The number of carbonyl (C=O) groups excluding carboxylic acids is 2. The second-order valence-corrected chi connectivity index (χ2v) is 19.1. The van der Waals surface area contributed by atoms with Crippen LogP contribution >= 0.6 is 0 Å². The first-order chi connectivity index (χ1) is 21.2. The zero-order valence-corrected chi connectivity index (χ0v) is 29.4. The van der Waals surface area contributed by atoms with Crippen LogP contribution in [0.2, 0.25) is 0 Å². The number of hydrogen-bond acceptors (Lipinski definition) is 4. The van der Waals surface area contributed by atoms with Crippen LogP contribution < -0.4 is 0 Å². The van der Waals surface area contributed by atoms with Crippen LogP contribution in [0.1, 0.15) is 120 Å². The molecule has 0 unspecified atom stereocenters. The normalized spacial score (nSPS) is 57.2. The van der Waals surface area contributed by atoms with Gasteiger partial charge in [-0.05, 0) is 147 Å². The van der Waals surface area contributed by atoms with Crippen molar-refractivity contribution in [2.75, 3.05) is 0 Å². The Morgan fingerprint density at radius 1 is 0.609 bits per heavy atom. The van der Waals surface area contributed by atoms with Crippen molar-refractivity contribution in [2.24, 2.45) is 78.8 Å². The molecule has 0 aromatic heterocycles. The summed E-state index contributed by atoms with van der Waals surface area (Å²) in [5.74, 6) is 1.14. The van der Waals surface area contributed by atoms with E-state index >= 15 is 0 Å².